The van der Waals surface area contributed by atoms with Crippen molar-refractivity contribution < 1.29 is 0 Å². The van der Waals surface area contributed by atoms with Crippen LogP contribution in [0.3, 0.4) is 0 Å². The molecule has 1 aliphatic carbocycles. The molecule has 1 heterocycles. The maximum Gasteiger partial charge on any atom is 0.153 e. The maximum atomic E-state index is 6.18. The van der Waals surface area contributed by atoms with Gasteiger partial charge in [-0.05, 0) is 34.2 Å². The van der Waals surface area contributed by atoms with Crippen LogP contribution in [0.4, 0.5) is 0 Å². The van der Waals surface area contributed by atoms with Gasteiger partial charge < -0.3 is 5.73 Å². The second-order valence-corrected chi connectivity index (χ2v) is 4.73. The molecule has 5 heteroatoms. The zero-order valence-electron chi connectivity index (χ0n) is 8.44. The first-order chi connectivity index (χ1) is 6.65. The van der Waals surface area contributed by atoms with E-state index in [1.807, 2.05) is 7.05 Å². The average molecular weight is 259 g/mol. The van der Waals surface area contributed by atoms with E-state index in [0.29, 0.717) is 5.92 Å². The fourth-order valence-corrected chi connectivity index (χ4v) is 2.67. The highest BCUT2D eigenvalue weighted by Crippen LogP contribution is 2.48. The number of rotatable bonds is 3. The van der Waals surface area contributed by atoms with Gasteiger partial charge in [-0.15, -0.1) is 5.10 Å². The zero-order valence-corrected chi connectivity index (χ0v) is 10.0. The van der Waals surface area contributed by atoms with Gasteiger partial charge in [0.15, 0.2) is 4.60 Å². The Bertz CT molecular complexity index is 316. The average Bonchev–Trinajstić information content (AvgIpc) is 2.87. The Morgan fingerprint density at radius 1 is 1.71 bits per heavy atom. The molecule has 0 spiro atoms. The molecule has 1 saturated carbocycles. The van der Waals surface area contributed by atoms with Crippen molar-refractivity contribution in [2.45, 2.75) is 25.8 Å². The Kier molecular flexibility index (Phi) is 2.62. The van der Waals surface area contributed by atoms with Crippen LogP contribution >= 0.6 is 15.9 Å². The van der Waals surface area contributed by atoms with Crippen molar-refractivity contribution in [3.05, 3.63) is 10.3 Å². The van der Waals surface area contributed by atoms with Crippen LogP contribution in [0.25, 0.3) is 0 Å². The van der Waals surface area contributed by atoms with Gasteiger partial charge in [0.25, 0.3) is 0 Å². The number of halogens is 1. The van der Waals surface area contributed by atoms with E-state index in [-0.39, 0.29) is 6.04 Å². The molecule has 1 aliphatic rings. The van der Waals surface area contributed by atoms with Gasteiger partial charge in [0.2, 0.25) is 0 Å². The molecule has 1 aromatic heterocycles. The third kappa shape index (κ3) is 1.59. The van der Waals surface area contributed by atoms with E-state index < -0.39 is 0 Å². The summed E-state index contributed by atoms with van der Waals surface area (Å²) in [5.41, 5.74) is 7.20. The Hall–Kier alpha value is -0.420. The van der Waals surface area contributed by atoms with E-state index in [2.05, 4.69) is 33.2 Å². The Morgan fingerprint density at radius 2 is 2.43 bits per heavy atom. The highest BCUT2D eigenvalue weighted by molar-refractivity contribution is 9.10. The summed E-state index contributed by atoms with van der Waals surface area (Å²) in [5.74, 6) is 1.42. The molecule has 14 heavy (non-hydrogen) atoms. The van der Waals surface area contributed by atoms with Crippen LogP contribution in [0, 0.1) is 11.8 Å². The van der Waals surface area contributed by atoms with Crippen molar-refractivity contribution >= 4 is 15.9 Å². The van der Waals surface area contributed by atoms with Crippen LogP contribution < -0.4 is 5.73 Å². The van der Waals surface area contributed by atoms with Crippen LogP contribution in [0.5, 0.6) is 0 Å². The highest BCUT2D eigenvalue weighted by atomic mass is 79.9. The fourth-order valence-electron chi connectivity index (χ4n) is 2.08. The quantitative estimate of drug-likeness (QED) is 0.897. The van der Waals surface area contributed by atoms with Gasteiger partial charge in [0.05, 0.1) is 11.7 Å². The molecule has 1 unspecified atom stereocenters. The van der Waals surface area contributed by atoms with Crippen LogP contribution in [-0.2, 0) is 7.05 Å². The second kappa shape index (κ2) is 3.62. The van der Waals surface area contributed by atoms with Crippen molar-refractivity contribution in [3.8, 4) is 0 Å². The SMILES string of the molecule is CC[C@@H]1C[C@H]1C(N)c1c(Br)nnn1C. The second-order valence-electron chi connectivity index (χ2n) is 3.98. The van der Waals surface area contributed by atoms with Gasteiger partial charge in [-0.1, -0.05) is 18.6 Å². The monoisotopic (exact) mass is 258 g/mol. The zero-order chi connectivity index (χ0) is 10.3. The minimum atomic E-state index is 0.0781. The molecular formula is C9H15BrN4. The molecule has 1 aromatic rings. The predicted molar refractivity (Wildman–Crippen MR) is 57.5 cm³/mol. The molecule has 0 amide bonds. The van der Waals surface area contributed by atoms with Crippen molar-refractivity contribution in [2.24, 2.45) is 24.6 Å². The minimum absolute atomic E-state index is 0.0781. The number of aryl methyl sites for hydroxylation is 1. The topological polar surface area (TPSA) is 56.7 Å². The summed E-state index contributed by atoms with van der Waals surface area (Å²) in [4.78, 5) is 0. The summed E-state index contributed by atoms with van der Waals surface area (Å²) in [5, 5.41) is 7.89. The first-order valence-corrected chi connectivity index (χ1v) is 5.75. The normalized spacial score (nSPS) is 27.7. The molecule has 2 rings (SSSR count). The van der Waals surface area contributed by atoms with Crippen molar-refractivity contribution in [3.63, 3.8) is 0 Å². The van der Waals surface area contributed by atoms with Crippen molar-refractivity contribution in [2.75, 3.05) is 0 Å². The van der Waals surface area contributed by atoms with Gasteiger partial charge >= 0.3 is 0 Å². The lowest BCUT2D eigenvalue weighted by molar-refractivity contribution is 0.522. The predicted octanol–water partition coefficient (Wildman–Crippen LogP) is 1.62. The van der Waals surface area contributed by atoms with Gasteiger partial charge in [-0.2, -0.15) is 0 Å². The van der Waals surface area contributed by atoms with Crippen LogP contribution in [0.15, 0.2) is 4.60 Å². The first kappa shape index (κ1) is 10.1. The smallest absolute Gasteiger partial charge is 0.153 e. The fraction of sp³-hybridized carbons (Fsp3) is 0.778. The van der Waals surface area contributed by atoms with Gasteiger partial charge in [-0.25, -0.2) is 4.68 Å². The number of nitrogens with two attached hydrogens (primary N) is 1. The molecular weight excluding hydrogens is 244 g/mol. The van der Waals surface area contributed by atoms with Gasteiger partial charge in [-0.3, -0.25) is 0 Å². The Morgan fingerprint density at radius 3 is 2.86 bits per heavy atom. The standard InChI is InChI=1S/C9H15BrN4/c1-3-5-4-6(5)7(11)8-9(10)12-13-14(8)2/h5-7H,3-4,11H2,1-2H3/t5-,6-,7?/m1/s1. The van der Waals surface area contributed by atoms with Crippen molar-refractivity contribution in [1.82, 2.24) is 15.0 Å². The molecule has 0 aliphatic heterocycles. The van der Waals surface area contributed by atoms with Crippen molar-refractivity contribution in [1.29, 1.82) is 0 Å². The van der Waals surface area contributed by atoms with E-state index in [1.54, 1.807) is 4.68 Å². The van der Waals surface area contributed by atoms with Crippen LogP contribution in [-0.4, -0.2) is 15.0 Å². The van der Waals surface area contributed by atoms with E-state index in [4.69, 9.17) is 5.73 Å². The summed E-state index contributed by atoms with van der Waals surface area (Å²) >= 11 is 3.38. The third-order valence-electron chi connectivity index (χ3n) is 3.11. The minimum Gasteiger partial charge on any atom is -0.322 e. The molecule has 1 fully saturated rings. The lowest BCUT2D eigenvalue weighted by Crippen LogP contribution is -2.18. The van der Waals surface area contributed by atoms with Gasteiger partial charge in [0.1, 0.15) is 0 Å². The van der Waals surface area contributed by atoms with E-state index in [0.717, 1.165) is 16.2 Å². The van der Waals surface area contributed by atoms with Crippen LogP contribution in [0.1, 0.15) is 31.5 Å². The Balaban J connectivity index is 2.15. The third-order valence-corrected chi connectivity index (χ3v) is 3.67. The number of hydrogen-bond acceptors (Lipinski definition) is 3. The summed E-state index contributed by atoms with van der Waals surface area (Å²) in [6.07, 6.45) is 2.47. The molecule has 0 saturated heterocycles. The van der Waals surface area contributed by atoms with Crippen LogP contribution in [0.2, 0.25) is 0 Å². The number of nitrogens with zero attached hydrogens (tertiary/aromatic N) is 3. The summed E-state index contributed by atoms with van der Waals surface area (Å²) < 4.78 is 2.55. The largest absolute Gasteiger partial charge is 0.322 e. The molecule has 3 atom stereocenters. The van der Waals surface area contributed by atoms with E-state index in [9.17, 15) is 0 Å². The Labute approximate surface area is 92.0 Å². The van der Waals surface area contributed by atoms with Gasteiger partial charge in [0, 0.05) is 7.05 Å². The molecule has 4 nitrogen and oxygen atoms in total. The lowest BCUT2D eigenvalue weighted by Gasteiger charge is -2.11. The molecule has 2 N–H and O–H groups in total. The summed E-state index contributed by atoms with van der Waals surface area (Å²) in [7, 11) is 1.89. The summed E-state index contributed by atoms with van der Waals surface area (Å²) in [6, 6.07) is 0.0781. The maximum absolute atomic E-state index is 6.18. The number of hydrogen-bond donors (Lipinski definition) is 1. The molecule has 0 bridgehead atoms. The number of aromatic nitrogens is 3. The first-order valence-electron chi connectivity index (χ1n) is 4.95. The van der Waals surface area contributed by atoms with E-state index in [1.165, 1.54) is 12.8 Å². The van der Waals surface area contributed by atoms with E-state index >= 15 is 0 Å². The molecule has 78 valence electrons. The highest BCUT2D eigenvalue weighted by Gasteiger charge is 2.42. The lowest BCUT2D eigenvalue weighted by atomic mass is 10.1. The summed E-state index contributed by atoms with van der Waals surface area (Å²) in [6.45, 7) is 2.22. The molecule has 0 radical (unpaired) electrons. The molecule has 0 aromatic carbocycles.